The molecule has 2 heterocycles. The molecule has 0 bridgehead atoms. The zero-order valence-electron chi connectivity index (χ0n) is 7.34. The number of hydrogen-bond acceptors (Lipinski definition) is 3. The molecule has 0 unspecified atom stereocenters. The molecule has 14 heavy (non-hydrogen) atoms. The SMILES string of the molecule is O=C(/C=C/c1cccs1)c1ccsc1. The number of allylic oxidation sites excluding steroid dienone is 1. The lowest BCUT2D eigenvalue weighted by molar-refractivity contribution is 0.104. The normalized spacial score (nSPS) is 10.9. The summed E-state index contributed by atoms with van der Waals surface area (Å²) in [5.41, 5.74) is 0.766. The van der Waals surface area contributed by atoms with Gasteiger partial charge in [0.2, 0.25) is 0 Å². The average molecular weight is 220 g/mol. The highest BCUT2D eigenvalue weighted by molar-refractivity contribution is 7.10. The second kappa shape index (κ2) is 4.35. The molecule has 0 atom stereocenters. The second-order valence-electron chi connectivity index (χ2n) is 2.73. The molecular formula is C11H8OS2. The summed E-state index contributed by atoms with van der Waals surface area (Å²) in [6, 6.07) is 5.80. The number of hydrogen-bond donors (Lipinski definition) is 0. The van der Waals surface area contributed by atoms with Gasteiger partial charge in [0.25, 0.3) is 0 Å². The quantitative estimate of drug-likeness (QED) is 0.569. The third-order valence-electron chi connectivity index (χ3n) is 1.75. The Morgan fingerprint density at radius 2 is 2.21 bits per heavy atom. The summed E-state index contributed by atoms with van der Waals surface area (Å²) < 4.78 is 0. The monoisotopic (exact) mass is 220 g/mol. The van der Waals surface area contributed by atoms with Crippen LogP contribution in [0.3, 0.4) is 0 Å². The molecule has 0 fully saturated rings. The van der Waals surface area contributed by atoms with Crippen LogP contribution in [-0.2, 0) is 0 Å². The Labute approximate surface area is 90.3 Å². The largest absolute Gasteiger partial charge is 0.289 e. The second-order valence-corrected chi connectivity index (χ2v) is 4.48. The lowest BCUT2D eigenvalue weighted by Gasteiger charge is -1.87. The third kappa shape index (κ3) is 2.19. The van der Waals surface area contributed by atoms with Crippen LogP contribution in [0.2, 0.25) is 0 Å². The summed E-state index contributed by atoms with van der Waals surface area (Å²) >= 11 is 3.16. The van der Waals surface area contributed by atoms with Gasteiger partial charge in [0, 0.05) is 15.8 Å². The Balaban J connectivity index is 2.09. The fourth-order valence-corrected chi connectivity index (χ4v) is 2.31. The van der Waals surface area contributed by atoms with E-state index in [0.717, 1.165) is 10.4 Å². The van der Waals surface area contributed by atoms with Crippen molar-refractivity contribution < 1.29 is 4.79 Å². The molecule has 2 aromatic rings. The minimum absolute atomic E-state index is 0.0691. The van der Waals surface area contributed by atoms with E-state index in [4.69, 9.17) is 0 Å². The van der Waals surface area contributed by atoms with E-state index in [1.807, 2.05) is 40.4 Å². The van der Waals surface area contributed by atoms with Crippen LogP contribution in [0.15, 0.2) is 40.4 Å². The molecule has 0 aromatic carbocycles. The molecule has 2 aromatic heterocycles. The number of ketones is 1. The summed E-state index contributed by atoms with van der Waals surface area (Å²) in [5, 5.41) is 5.77. The summed E-state index contributed by atoms with van der Waals surface area (Å²) in [5.74, 6) is 0.0691. The number of rotatable bonds is 3. The molecule has 0 aliphatic carbocycles. The van der Waals surface area contributed by atoms with E-state index in [0.29, 0.717) is 0 Å². The molecule has 0 aliphatic rings. The van der Waals surface area contributed by atoms with Gasteiger partial charge in [0.05, 0.1) is 0 Å². The maximum Gasteiger partial charge on any atom is 0.186 e. The first-order chi connectivity index (χ1) is 6.86. The van der Waals surface area contributed by atoms with Gasteiger partial charge in [-0.15, -0.1) is 11.3 Å². The smallest absolute Gasteiger partial charge is 0.186 e. The molecule has 70 valence electrons. The van der Waals surface area contributed by atoms with E-state index in [-0.39, 0.29) is 5.78 Å². The highest BCUT2D eigenvalue weighted by Crippen LogP contribution is 2.12. The van der Waals surface area contributed by atoms with Gasteiger partial charge < -0.3 is 0 Å². The lowest BCUT2D eigenvalue weighted by Crippen LogP contribution is -1.89. The molecule has 0 radical (unpaired) electrons. The van der Waals surface area contributed by atoms with Gasteiger partial charge in [0.15, 0.2) is 5.78 Å². The highest BCUT2D eigenvalue weighted by atomic mass is 32.1. The Hall–Kier alpha value is -1.19. The number of carbonyl (C=O) groups excluding carboxylic acids is 1. The summed E-state index contributed by atoms with van der Waals surface area (Å²) in [6.45, 7) is 0. The van der Waals surface area contributed by atoms with Crippen LogP contribution in [0.1, 0.15) is 15.2 Å². The van der Waals surface area contributed by atoms with Gasteiger partial charge in [-0.2, -0.15) is 11.3 Å². The standard InChI is InChI=1S/C11H8OS2/c12-11(9-5-7-13-8-9)4-3-10-2-1-6-14-10/h1-8H/b4-3+. The van der Waals surface area contributed by atoms with E-state index >= 15 is 0 Å². The van der Waals surface area contributed by atoms with Crippen molar-refractivity contribution in [2.45, 2.75) is 0 Å². The fraction of sp³-hybridized carbons (Fsp3) is 0. The Bertz CT molecular complexity index is 424. The van der Waals surface area contributed by atoms with E-state index in [1.165, 1.54) is 11.3 Å². The van der Waals surface area contributed by atoms with Gasteiger partial charge in [-0.25, -0.2) is 0 Å². The highest BCUT2D eigenvalue weighted by Gasteiger charge is 2.00. The first-order valence-electron chi connectivity index (χ1n) is 4.14. The zero-order chi connectivity index (χ0) is 9.80. The maximum absolute atomic E-state index is 11.5. The average Bonchev–Trinajstić information content (AvgIpc) is 2.87. The van der Waals surface area contributed by atoms with E-state index < -0.39 is 0 Å². The Morgan fingerprint density at radius 3 is 2.86 bits per heavy atom. The van der Waals surface area contributed by atoms with Crippen molar-refractivity contribution in [3.63, 3.8) is 0 Å². The summed E-state index contributed by atoms with van der Waals surface area (Å²) in [4.78, 5) is 12.6. The fourth-order valence-electron chi connectivity index (χ4n) is 1.04. The molecular weight excluding hydrogens is 212 g/mol. The van der Waals surface area contributed by atoms with Gasteiger partial charge in [-0.1, -0.05) is 6.07 Å². The van der Waals surface area contributed by atoms with Gasteiger partial charge in [-0.3, -0.25) is 4.79 Å². The molecule has 2 rings (SSSR count). The first kappa shape index (κ1) is 9.37. The minimum Gasteiger partial charge on any atom is -0.289 e. The third-order valence-corrected chi connectivity index (χ3v) is 3.27. The summed E-state index contributed by atoms with van der Waals surface area (Å²) in [6.07, 6.45) is 3.47. The molecule has 0 saturated carbocycles. The maximum atomic E-state index is 11.5. The van der Waals surface area contributed by atoms with E-state index in [1.54, 1.807) is 17.4 Å². The van der Waals surface area contributed by atoms with Crippen molar-refractivity contribution >= 4 is 34.5 Å². The summed E-state index contributed by atoms with van der Waals surface area (Å²) in [7, 11) is 0. The molecule has 0 aliphatic heterocycles. The van der Waals surface area contributed by atoms with E-state index in [2.05, 4.69) is 0 Å². The van der Waals surface area contributed by atoms with Crippen LogP contribution in [-0.4, -0.2) is 5.78 Å². The van der Waals surface area contributed by atoms with E-state index in [9.17, 15) is 4.79 Å². The van der Waals surface area contributed by atoms with Crippen LogP contribution in [0, 0.1) is 0 Å². The van der Waals surface area contributed by atoms with Gasteiger partial charge in [0.1, 0.15) is 0 Å². The van der Waals surface area contributed by atoms with Crippen molar-refractivity contribution in [2.75, 3.05) is 0 Å². The zero-order valence-corrected chi connectivity index (χ0v) is 8.98. The van der Waals surface area contributed by atoms with Crippen LogP contribution < -0.4 is 0 Å². The molecule has 0 saturated heterocycles. The molecule has 3 heteroatoms. The lowest BCUT2D eigenvalue weighted by atomic mass is 10.2. The number of thiophene rings is 2. The molecule has 1 nitrogen and oxygen atoms in total. The van der Waals surface area contributed by atoms with Gasteiger partial charge >= 0.3 is 0 Å². The topological polar surface area (TPSA) is 17.1 Å². The van der Waals surface area contributed by atoms with Crippen molar-refractivity contribution in [2.24, 2.45) is 0 Å². The molecule has 0 N–H and O–H groups in total. The molecule has 0 amide bonds. The predicted octanol–water partition coefficient (Wildman–Crippen LogP) is 3.71. The van der Waals surface area contributed by atoms with Gasteiger partial charge in [-0.05, 0) is 35.0 Å². The predicted molar refractivity (Wildman–Crippen MR) is 62.0 cm³/mol. The number of carbonyl (C=O) groups is 1. The van der Waals surface area contributed by atoms with Crippen LogP contribution >= 0.6 is 22.7 Å². The van der Waals surface area contributed by atoms with Crippen molar-refractivity contribution in [1.29, 1.82) is 0 Å². The molecule has 0 spiro atoms. The first-order valence-corrected chi connectivity index (χ1v) is 5.96. The Kier molecular flexibility index (Phi) is 2.91. The van der Waals surface area contributed by atoms with Crippen LogP contribution in [0.4, 0.5) is 0 Å². The minimum atomic E-state index is 0.0691. The Morgan fingerprint density at radius 1 is 1.29 bits per heavy atom. The van der Waals surface area contributed by atoms with Crippen LogP contribution in [0.5, 0.6) is 0 Å². The van der Waals surface area contributed by atoms with Crippen molar-refractivity contribution in [3.8, 4) is 0 Å². The van der Waals surface area contributed by atoms with Crippen LogP contribution in [0.25, 0.3) is 6.08 Å². The van der Waals surface area contributed by atoms with Crippen molar-refractivity contribution in [3.05, 3.63) is 50.9 Å². The van der Waals surface area contributed by atoms with Crippen molar-refractivity contribution in [1.82, 2.24) is 0 Å².